The van der Waals surface area contributed by atoms with Crippen LogP contribution < -0.4 is 0 Å². The number of nitrogens with zero attached hydrogens (tertiary/aromatic N) is 1. The first kappa shape index (κ1) is 14.8. The number of hydrogen-bond acceptors (Lipinski definition) is 3. The Labute approximate surface area is 109 Å². The lowest BCUT2D eigenvalue weighted by Gasteiger charge is -2.35. The summed E-state index contributed by atoms with van der Waals surface area (Å²) >= 11 is 0. The first-order valence-electron chi connectivity index (χ1n) is 6.22. The van der Waals surface area contributed by atoms with Crippen molar-refractivity contribution in [3.05, 3.63) is 25.3 Å². The molecule has 0 saturated carbocycles. The zero-order valence-electron chi connectivity index (χ0n) is 11.5. The third-order valence-electron chi connectivity index (χ3n) is 3.07. The summed E-state index contributed by atoms with van der Waals surface area (Å²) in [6.07, 6.45) is 4.01. The maximum atomic E-state index is 12.1. The van der Waals surface area contributed by atoms with Gasteiger partial charge in [0.1, 0.15) is 11.2 Å². The van der Waals surface area contributed by atoms with Crippen LogP contribution in [0.3, 0.4) is 0 Å². The Morgan fingerprint density at radius 2 is 1.94 bits per heavy atom. The number of likely N-dealkylation sites (tertiary alicyclic amines) is 1. The minimum Gasteiger partial charge on any atom is -0.444 e. The molecule has 1 aliphatic heterocycles. The van der Waals surface area contributed by atoms with Gasteiger partial charge in [0, 0.05) is 6.54 Å². The second kappa shape index (κ2) is 5.14. The number of rotatable bonds is 3. The lowest BCUT2D eigenvalue weighted by atomic mass is 9.92. The molecular weight excluding hydrogens is 230 g/mol. The van der Waals surface area contributed by atoms with Crippen molar-refractivity contribution in [1.29, 1.82) is 0 Å². The molecule has 1 amide bonds. The summed E-state index contributed by atoms with van der Waals surface area (Å²) in [5, 5.41) is 10.4. The van der Waals surface area contributed by atoms with Gasteiger partial charge in [0.25, 0.3) is 0 Å². The lowest BCUT2D eigenvalue weighted by molar-refractivity contribution is -0.00237. The van der Waals surface area contributed by atoms with Gasteiger partial charge in [-0.1, -0.05) is 25.3 Å². The maximum absolute atomic E-state index is 12.1. The van der Waals surface area contributed by atoms with E-state index >= 15 is 0 Å². The van der Waals surface area contributed by atoms with Crippen molar-refractivity contribution >= 4 is 6.09 Å². The van der Waals surface area contributed by atoms with Gasteiger partial charge in [-0.3, -0.25) is 0 Å². The summed E-state index contributed by atoms with van der Waals surface area (Å²) < 4.78 is 5.34. The van der Waals surface area contributed by atoms with Gasteiger partial charge in [-0.15, -0.1) is 0 Å². The predicted octanol–water partition coefficient (Wildman–Crippen LogP) is 2.49. The van der Waals surface area contributed by atoms with E-state index in [1.807, 2.05) is 20.8 Å². The van der Waals surface area contributed by atoms with Crippen LogP contribution in [-0.2, 0) is 4.74 Å². The van der Waals surface area contributed by atoms with Crippen molar-refractivity contribution in [2.45, 2.75) is 50.9 Å². The maximum Gasteiger partial charge on any atom is 0.410 e. The van der Waals surface area contributed by atoms with Crippen LogP contribution in [0.2, 0.25) is 0 Å². The second-order valence-corrected chi connectivity index (χ2v) is 5.63. The van der Waals surface area contributed by atoms with E-state index in [0.29, 0.717) is 13.0 Å². The highest BCUT2D eigenvalue weighted by atomic mass is 16.6. The Bertz CT molecular complexity index is 335. The molecule has 0 spiro atoms. The molecule has 18 heavy (non-hydrogen) atoms. The van der Waals surface area contributed by atoms with E-state index in [0.717, 1.165) is 6.42 Å². The molecule has 1 atom stereocenters. The largest absolute Gasteiger partial charge is 0.444 e. The topological polar surface area (TPSA) is 49.8 Å². The highest BCUT2D eigenvalue weighted by Gasteiger charge is 2.42. The summed E-state index contributed by atoms with van der Waals surface area (Å²) in [5.74, 6) is 0. The van der Waals surface area contributed by atoms with Gasteiger partial charge in [-0.2, -0.15) is 0 Å². The zero-order valence-corrected chi connectivity index (χ0v) is 11.5. The number of aliphatic hydroxyl groups is 1. The van der Waals surface area contributed by atoms with Crippen LogP contribution in [0.15, 0.2) is 25.3 Å². The second-order valence-electron chi connectivity index (χ2n) is 5.63. The molecule has 4 heteroatoms. The van der Waals surface area contributed by atoms with E-state index in [1.165, 1.54) is 12.2 Å². The Morgan fingerprint density at radius 1 is 1.39 bits per heavy atom. The summed E-state index contributed by atoms with van der Waals surface area (Å²) in [4.78, 5) is 13.6. The van der Waals surface area contributed by atoms with Crippen molar-refractivity contribution in [3.8, 4) is 0 Å². The van der Waals surface area contributed by atoms with E-state index in [9.17, 15) is 9.90 Å². The van der Waals surface area contributed by atoms with Crippen molar-refractivity contribution in [2.75, 3.05) is 6.54 Å². The third kappa shape index (κ3) is 3.13. The molecule has 1 fully saturated rings. The Morgan fingerprint density at radius 3 is 2.39 bits per heavy atom. The average Bonchev–Trinajstić information content (AvgIpc) is 2.75. The van der Waals surface area contributed by atoms with E-state index in [2.05, 4.69) is 13.2 Å². The van der Waals surface area contributed by atoms with Crippen LogP contribution in [0.25, 0.3) is 0 Å². The fourth-order valence-electron chi connectivity index (χ4n) is 2.14. The van der Waals surface area contributed by atoms with E-state index < -0.39 is 17.3 Å². The van der Waals surface area contributed by atoms with Crippen molar-refractivity contribution in [2.24, 2.45) is 0 Å². The van der Waals surface area contributed by atoms with Crippen LogP contribution in [0.4, 0.5) is 4.79 Å². The zero-order chi connectivity index (χ0) is 14.0. The highest BCUT2D eigenvalue weighted by Crippen LogP contribution is 2.30. The molecule has 0 aromatic heterocycles. The van der Waals surface area contributed by atoms with Gasteiger partial charge in [0.05, 0.1) is 6.04 Å². The third-order valence-corrected chi connectivity index (χ3v) is 3.07. The average molecular weight is 253 g/mol. The minimum absolute atomic E-state index is 0.345. The molecular formula is C14H23NO3. The SMILES string of the molecule is C=CC(O)(C=C)[C@@H]1CCCN1C(=O)OC(C)(C)C. The number of ether oxygens (including phenoxy) is 1. The van der Waals surface area contributed by atoms with Gasteiger partial charge >= 0.3 is 6.09 Å². The normalized spacial score (nSPS) is 20.7. The molecule has 0 aromatic rings. The molecule has 4 nitrogen and oxygen atoms in total. The molecule has 1 saturated heterocycles. The number of amides is 1. The minimum atomic E-state index is -1.26. The Balaban J connectivity index is 2.85. The van der Waals surface area contributed by atoms with Crippen LogP contribution in [0.1, 0.15) is 33.6 Å². The fourth-order valence-corrected chi connectivity index (χ4v) is 2.14. The molecule has 0 aromatic carbocycles. The number of carbonyl (C=O) groups excluding carboxylic acids is 1. The lowest BCUT2D eigenvalue weighted by Crippen LogP contribution is -2.50. The highest BCUT2D eigenvalue weighted by molar-refractivity contribution is 5.69. The molecule has 0 bridgehead atoms. The monoisotopic (exact) mass is 253 g/mol. The standard InChI is InChI=1S/C14H23NO3/c1-6-14(17,7-2)11-9-8-10-15(11)12(16)18-13(3,4)5/h6-7,11,17H,1-2,8-10H2,3-5H3/t11-/m0/s1. The molecule has 102 valence electrons. The van der Waals surface area contributed by atoms with Crippen LogP contribution in [0.5, 0.6) is 0 Å². The van der Waals surface area contributed by atoms with Crippen molar-refractivity contribution in [1.82, 2.24) is 4.90 Å². The fraction of sp³-hybridized carbons (Fsp3) is 0.643. The summed E-state index contributed by atoms with van der Waals surface area (Å²) in [5.41, 5.74) is -1.79. The molecule has 1 aliphatic rings. The first-order chi connectivity index (χ1) is 8.23. The summed E-state index contributed by atoms with van der Waals surface area (Å²) in [6.45, 7) is 13.3. The summed E-state index contributed by atoms with van der Waals surface area (Å²) in [7, 11) is 0. The van der Waals surface area contributed by atoms with E-state index in [4.69, 9.17) is 4.74 Å². The van der Waals surface area contributed by atoms with E-state index in [-0.39, 0.29) is 6.04 Å². The summed E-state index contributed by atoms with van der Waals surface area (Å²) in [6, 6.07) is -0.345. The van der Waals surface area contributed by atoms with Crippen molar-refractivity contribution < 1.29 is 14.6 Å². The predicted molar refractivity (Wildman–Crippen MR) is 71.3 cm³/mol. The molecule has 0 aliphatic carbocycles. The van der Waals surface area contributed by atoms with Gasteiger partial charge in [-0.05, 0) is 33.6 Å². The Kier molecular flexibility index (Phi) is 4.22. The van der Waals surface area contributed by atoms with E-state index in [1.54, 1.807) is 4.90 Å². The molecule has 0 unspecified atom stereocenters. The quantitative estimate of drug-likeness (QED) is 0.786. The number of hydrogen-bond donors (Lipinski definition) is 1. The smallest absolute Gasteiger partial charge is 0.410 e. The molecule has 0 radical (unpaired) electrons. The van der Waals surface area contributed by atoms with Crippen LogP contribution in [0, 0.1) is 0 Å². The molecule has 1 N–H and O–H groups in total. The van der Waals surface area contributed by atoms with Gasteiger partial charge in [0.2, 0.25) is 0 Å². The number of carbonyl (C=O) groups is 1. The first-order valence-corrected chi connectivity index (χ1v) is 6.22. The van der Waals surface area contributed by atoms with Gasteiger partial charge in [0.15, 0.2) is 0 Å². The molecule has 1 rings (SSSR count). The van der Waals surface area contributed by atoms with Crippen LogP contribution in [-0.4, -0.2) is 39.9 Å². The molecule has 1 heterocycles. The van der Waals surface area contributed by atoms with Gasteiger partial charge in [-0.25, -0.2) is 4.79 Å². The Hall–Kier alpha value is -1.29. The van der Waals surface area contributed by atoms with Crippen LogP contribution >= 0.6 is 0 Å². The van der Waals surface area contributed by atoms with Gasteiger partial charge < -0.3 is 14.7 Å². The van der Waals surface area contributed by atoms with Crippen molar-refractivity contribution in [3.63, 3.8) is 0 Å².